The molecule has 8 heteroatoms. The molecule has 0 saturated carbocycles. The summed E-state index contributed by atoms with van der Waals surface area (Å²) in [5.41, 5.74) is 10.6. The fraction of sp³-hybridized carbons (Fsp3) is 0. The van der Waals surface area contributed by atoms with Gasteiger partial charge in [-0.2, -0.15) is 4.98 Å². The number of primary amides is 1. The Bertz CT molecular complexity index is 649. The Balaban J connectivity index is 2.46. The first-order chi connectivity index (χ1) is 8.99. The number of rotatable bonds is 3. The van der Waals surface area contributed by atoms with Crippen LogP contribution in [0.1, 0.15) is 10.4 Å². The lowest BCUT2D eigenvalue weighted by Gasteiger charge is -2.11. The van der Waals surface area contributed by atoms with Gasteiger partial charge in [-0.05, 0) is 28.1 Å². The first-order valence-electron chi connectivity index (χ1n) is 5.12. The highest BCUT2D eigenvalue weighted by Gasteiger charge is 2.15. The number of nitrogens with one attached hydrogen (secondary N) is 1. The maximum atomic E-state index is 13.6. The molecule has 0 aliphatic rings. The third-order valence-electron chi connectivity index (χ3n) is 2.28. The Labute approximate surface area is 116 Å². The minimum Gasteiger partial charge on any atom is -0.368 e. The van der Waals surface area contributed by atoms with Crippen LogP contribution in [0, 0.1) is 5.82 Å². The molecule has 0 radical (unpaired) electrons. The number of nitrogens with zero attached hydrogens (tertiary/aromatic N) is 2. The van der Waals surface area contributed by atoms with E-state index in [1.807, 2.05) is 0 Å². The molecule has 1 amide bonds. The number of benzene rings is 1. The molecule has 0 atom stereocenters. The molecule has 0 aliphatic carbocycles. The van der Waals surface area contributed by atoms with Crippen LogP contribution in [0.5, 0.6) is 0 Å². The molecule has 1 heterocycles. The van der Waals surface area contributed by atoms with Crippen molar-refractivity contribution in [3.8, 4) is 0 Å². The van der Waals surface area contributed by atoms with Gasteiger partial charge >= 0.3 is 0 Å². The highest BCUT2D eigenvalue weighted by atomic mass is 79.9. The SMILES string of the molecule is NC(=O)c1c(F)cccc1Nc1nc(N)ncc1Br. The van der Waals surface area contributed by atoms with Crippen molar-refractivity contribution in [2.75, 3.05) is 11.1 Å². The normalized spacial score (nSPS) is 10.2. The monoisotopic (exact) mass is 325 g/mol. The number of carbonyl (C=O) groups is 1. The van der Waals surface area contributed by atoms with Crippen LogP contribution in [-0.4, -0.2) is 15.9 Å². The van der Waals surface area contributed by atoms with E-state index < -0.39 is 11.7 Å². The molecule has 0 saturated heterocycles. The van der Waals surface area contributed by atoms with E-state index in [9.17, 15) is 9.18 Å². The van der Waals surface area contributed by atoms with Crippen molar-refractivity contribution < 1.29 is 9.18 Å². The number of nitrogens with two attached hydrogens (primary N) is 2. The summed E-state index contributed by atoms with van der Waals surface area (Å²) in [7, 11) is 0. The Morgan fingerprint density at radius 1 is 1.42 bits per heavy atom. The molecule has 0 fully saturated rings. The number of nitrogen functional groups attached to an aromatic ring is 1. The molecule has 98 valence electrons. The second kappa shape index (κ2) is 5.19. The van der Waals surface area contributed by atoms with Crippen molar-refractivity contribution in [3.05, 3.63) is 40.2 Å². The number of amides is 1. The quantitative estimate of drug-likeness (QED) is 0.797. The Morgan fingerprint density at radius 3 is 2.84 bits per heavy atom. The summed E-state index contributed by atoms with van der Waals surface area (Å²) in [4.78, 5) is 19.0. The van der Waals surface area contributed by atoms with E-state index in [1.54, 1.807) is 0 Å². The van der Waals surface area contributed by atoms with Crippen molar-refractivity contribution >= 4 is 39.3 Å². The molecule has 0 aliphatic heterocycles. The van der Waals surface area contributed by atoms with Gasteiger partial charge in [-0.1, -0.05) is 6.07 Å². The molecule has 2 rings (SSSR count). The molecular formula is C11H9BrFN5O. The van der Waals surface area contributed by atoms with E-state index in [0.29, 0.717) is 10.3 Å². The van der Waals surface area contributed by atoms with Crippen molar-refractivity contribution in [3.63, 3.8) is 0 Å². The lowest BCUT2D eigenvalue weighted by atomic mass is 10.1. The number of hydrogen-bond donors (Lipinski definition) is 3. The predicted octanol–water partition coefficient (Wildman–Crippen LogP) is 1.80. The van der Waals surface area contributed by atoms with Crippen molar-refractivity contribution in [2.45, 2.75) is 0 Å². The Kier molecular flexibility index (Phi) is 3.61. The molecule has 2 aromatic rings. The van der Waals surface area contributed by atoms with Crippen molar-refractivity contribution in [2.24, 2.45) is 5.73 Å². The third-order valence-corrected chi connectivity index (χ3v) is 2.86. The van der Waals surface area contributed by atoms with Gasteiger partial charge in [0, 0.05) is 6.20 Å². The van der Waals surface area contributed by atoms with Gasteiger partial charge in [-0.25, -0.2) is 9.37 Å². The van der Waals surface area contributed by atoms with E-state index in [-0.39, 0.29) is 17.2 Å². The van der Waals surface area contributed by atoms with Crippen LogP contribution in [0.3, 0.4) is 0 Å². The average molecular weight is 326 g/mol. The second-order valence-corrected chi connectivity index (χ2v) is 4.43. The van der Waals surface area contributed by atoms with Crippen LogP contribution in [-0.2, 0) is 0 Å². The molecule has 0 bridgehead atoms. The number of anilines is 3. The standard InChI is InChI=1S/C11H9BrFN5O/c12-5-4-16-11(15)18-10(5)17-7-3-1-2-6(13)8(7)9(14)19/h1-4H,(H2,14,19)(H3,15,16,17,18). The van der Waals surface area contributed by atoms with Gasteiger partial charge in [0.15, 0.2) is 0 Å². The molecule has 19 heavy (non-hydrogen) atoms. The minimum absolute atomic E-state index is 0.0442. The average Bonchev–Trinajstić information content (AvgIpc) is 2.33. The number of carbonyl (C=O) groups excluding carboxylic acids is 1. The molecule has 1 aromatic carbocycles. The fourth-order valence-electron chi connectivity index (χ4n) is 1.47. The third kappa shape index (κ3) is 2.79. The number of hydrogen-bond acceptors (Lipinski definition) is 5. The molecule has 5 N–H and O–H groups in total. The number of aromatic nitrogens is 2. The van der Waals surface area contributed by atoms with Gasteiger partial charge in [0.05, 0.1) is 15.7 Å². The zero-order valence-electron chi connectivity index (χ0n) is 9.52. The molecule has 0 spiro atoms. The Hall–Kier alpha value is -2.22. The fourth-order valence-corrected chi connectivity index (χ4v) is 1.76. The van der Waals surface area contributed by atoms with Gasteiger partial charge in [-0.15, -0.1) is 0 Å². The smallest absolute Gasteiger partial charge is 0.253 e. The van der Waals surface area contributed by atoms with E-state index in [0.717, 1.165) is 6.07 Å². The maximum absolute atomic E-state index is 13.6. The minimum atomic E-state index is -0.876. The highest BCUT2D eigenvalue weighted by Crippen LogP contribution is 2.26. The summed E-state index contributed by atoms with van der Waals surface area (Å²) in [6, 6.07) is 4.10. The summed E-state index contributed by atoms with van der Waals surface area (Å²) in [5, 5.41) is 2.78. The van der Waals surface area contributed by atoms with Crippen LogP contribution in [0.2, 0.25) is 0 Å². The lowest BCUT2D eigenvalue weighted by molar-refractivity contribution is 0.0997. The summed E-state index contributed by atoms with van der Waals surface area (Å²) in [6.07, 6.45) is 1.44. The highest BCUT2D eigenvalue weighted by molar-refractivity contribution is 9.10. The molecule has 1 aromatic heterocycles. The van der Waals surface area contributed by atoms with Crippen LogP contribution in [0.25, 0.3) is 0 Å². The van der Waals surface area contributed by atoms with Gasteiger partial charge in [0.1, 0.15) is 11.6 Å². The topological polar surface area (TPSA) is 107 Å². The molecular weight excluding hydrogens is 317 g/mol. The van der Waals surface area contributed by atoms with E-state index in [1.165, 1.54) is 18.3 Å². The van der Waals surface area contributed by atoms with E-state index in [2.05, 4.69) is 31.2 Å². The van der Waals surface area contributed by atoms with Gasteiger partial charge in [-0.3, -0.25) is 4.79 Å². The maximum Gasteiger partial charge on any atom is 0.253 e. The zero-order valence-corrected chi connectivity index (χ0v) is 11.1. The van der Waals surface area contributed by atoms with Crippen molar-refractivity contribution in [1.29, 1.82) is 0 Å². The summed E-state index contributed by atoms with van der Waals surface area (Å²) in [5.74, 6) is -1.24. The largest absolute Gasteiger partial charge is 0.368 e. The van der Waals surface area contributed by atoms with E-state index in [4.69, 9.17) is 11.5 Å². The van der Waals surface area contributed by atoms with E-state index >= 15 is 0 Å². The Morgan fingerprint density at radius 2 is 2.16 bits per heavy atom. The lowest BCUT2D eigenvalue weighted by Crippen LogP contribution is -2.16. The van der Waals surface area contributed by atoms with Crippen LogP contribution < -0.4 is 16.8 Å². The second-order valence-electron chi connectivity index (χ2n) is 3.58. The van der Waals surface area contributed by atoms with Crippen LogP contribution in [0.4, 0.5) is 21.8 Å². The summed E-state index contributed by atoms with van der Waals surface area (Å²) < 4.78 is 14.1. The van der Waals surface area contributed by atoms with Crippen molar-refractivity contribution in [1.82, 2.24) is 9.97 Å². The summed E-state index contributed by atoms with van der Waals surface area (Å²) in [6.45, 7) is 0. The van der Waals surface area contributed by atoms with Gasteiger partial charge in [0.2, 0.25) is 5.95 Å². The molecule has 6 nitrogen and oxygen atoms in total. The number of halogens is 2. The molecule has 0 unspecified atom stereocenters. The van der Waals surface area contributed by atoms with Gasteiger partial charge < -0.3 is 16.8 Å². The van der Waals surface area contributed by atoms with Crippen LogP contribution >= 0.6 is 15.9 Å². The first kappa shape index (κ1) is 13.2. The zero-order chi connectivity index (χ0) is 14.0. The first-order valence-corrected chi connectivity index (χ1v) is 5.91. The van der Waals surface area contributed by atoms with Gasteiger partial charge in [0.25, 0.3) is 5.91 Å². The predicted molar refractivity (Wildman–Crippen MR) is 72.3 cm³/mol. The summed E-state index contributed by atoms with van der Waals surface area (Å²) >= 11 is 3.22. The van der Waals surface area contributed by atoms with Crippen LogP contribution in [0.15, 0.2) is 28.9 Å².